The number of rotatable bonds is 6. The number of hydrogen-bond donors (Lipinski definition) is 0. The fourth-order valence-corrected chi connectivity index (χ4v) is 1.15. The van der Waals surface area contributed by atoms with Gasteiger partial charge in [0.2, 0.25) is 0 Å². The second kappa shape index (κ2) is 7.19. The fraction of sp³-hybridized carbons (Fsp3) is 0.385. The predicted molar refractivity (Wildman–Crippen MR) is 59.2 cm³/mol. The van der Waals surface area contributed by atoms with Crippen molar-refractivity contribution < 1.29 is 4.74 Å². The zero-order chi connectivity index (χ0) is 10.1. The predicted octanol–water partition coefficient (Wildman–Crippen LogP) is 3.96. The van der Waals surface area contributed by atoms with E-state index >= 15 is 0 Å². The molecule has 0 aliphatic carbocycles. The molecule has 1 rings (SSSR count). The van der Waals surface area contributed by atoms with E-state index in [0.717, 1.165) is 12.2 Å². The lowest BCUT2D eigenvalue weighted by atomic mass is 10.2. The topological polar surface area (TPSA) is 9.23 Å². The highest BCUT2D eigenvalue weighted by molar-refractivity contribution is 5.20. The van der Waals surface area contributed by atoms with Gasteiger partial charge in [0.15, 0.2) is 0 Å². The van der Waals surface area contributed by atoms with Crippen LogP contribution < -0.4 is 4.74 Å². The van der Waals surface area contributed by atoms with E-state index in [-0.39, 0.29) is 0 Å². The lowest BCUT2D eigenvalue weighted by Gasteiger charge is -1.97. The van der Waals surface area contributed by atoms with Gasteiger partial charge in [-0.15, -0.1) is 0 Å². The molecule has 0 saturated heterocycles. The minimum Gasteiger partial charge on any atom is -0.465 e. The van der Waals surface area contributed by atoms with Gasteiger partial charge in [-0.3, -0.25) is 0 Å². The van der Waals surface area contributed by atoms with E-state index in [9.17, 15) is 0 Å². The second-order valence-corrected chi connectivity index (χ2v) is 3.21. The van der Waals surface area contributed by atoms with Crippen LogP contribution in [0.25, 0.3) is 0 Å². The van der Waals surface area contributed by atoms with Crippen LogP contribution in [0.4, 0.5) is 0 Å². The molecule has 1 radical (unpaired) electrons. The zero-order valence-corrected chi connectivity index (χ0v) is 8.70. The molecular formula is C13H17O. The average Bonchev–Trinajstić information content (AvgIpc) is 2.25. The van der Waals surface area contributed by atoms with Crippen LogP contribution in [0.1, 0.15) is 32.6 Å². The number of hydrogen-bond acceptors (Lipinski definition) is 1. The van der Waals surface area contributed by atoms with Crippen LogP contribution in [0.5, 0.6) is 5.75 Å². The molecule has 1 heteroatoms. The Labute approximate surface area is 86.4 Å². The molecule has 14 heavy (non-hydrogen) atoms. The summed E-state index contributed by atoms with van der Waals surface area (Å²) in [5, 5.41) is 0. The fourth-order valence-electron chi connectivity index (χ4n) is 1.15. The van der Waals surface area contributed by atoms with Crippen molar-refractivity contribution >= 4 is 0 Å². The lowest BCUT2D eigenvalue weighted by Crippen LogP contribution is -1.81. The minimum atomic E-state index is 0.777. The van der Waals surface area contributed by atoms with Crippen molar-refractivity contribution in [2.45, 2.75) is 32.6 Å². The van der Waals surface area contributed by atoms with E-state index in [1.54, 1.807) is 6.26 Å². The summed E-state index contributed by atoms with van der Waals surface area (Å²) in [6.07, 6.45) is 8.72. The van der Waals surface area contributed by atoms with Crippen molar-refractivity contribution in [3.63, 3.8) is 0 Å². The Morgan fingerprint density at radius 3 is 3.00 bits per heavy atom. The molecular weight excluding hydrogens is 172 g/mol. The van der Waals surface area contributed by atoms with Gasteiger partial charge in [0.25, 0.3) is 0 Å². The number of allylic oxidation sites excluding steroid dienone is 1. The summed E-state index contributed by atoms with van der Waals surface area (Å²) >= 11 is 0. The summed E-state index contributed by atoms with van der Waals surface area (Å²) in [6.45, 7) is 2.21. The highest BCUT2D eigenvalue weighted by Crippen LogP contribution is 2.08. The van der Waals surface area contributed by atoms with E-state index in [0.29, 0.717) is 0 Å². The van der Waals surface area contributed by atoms with Gasteiger partial charge in [0.1, 0.15) is 5.75 Å². The van der Waals surface area contributed by atoms with Crippen molar-refractivity contribution in [1.29, 1.82) is 0 Å². The largest absolute Gasteiger partial charge is 0.465 e. The van der Waals surface area contributed by atoms with Gasteiger partial charge in [0, 0.05) is 6.07 Å². The standard InChI is InChI=1S/C13H17O/c1-2-3-4-5-9-12-14-13-10-7-6-8-11-13/h6-10,12H,2-5H2,1H3/b12-9+. The van der Waals surface area contributed by atoms with E-state index < -0.39 is 0 Å². The van der Waals surface area contributed by atoms with Gasteiger partial charge in [-0.25, -0.2) is 0 Å². The Kier molecular flexibility index (Phi) is 5.57. The molecule has 0 heterocycles. The van der Waals surface area contributed by atoms with Gasteiger partial charge in [-0.05, 0) is 25.0 Å². The summed E-state index contributed by atoms with van der Waals surface area (Å²) in [5.41, 5.74) is 0. The van der Waals surface area contributed by atoms with Crippen LogP contribution in [0.15, 0.2) is 36.6 Å². The molecule has 75 valence electrons. The monoisotopic (exact) mass is 189 g/mol. The molecule has 0 amide bonds. The maximum atomic E-state index is 5.35. The van der Waals surface area contributed by atoms with Crippen molar-refractivity contribution in [3.8, 4) is 5.75 Å². The third-order valence-electron chi connectivity index (χ3n) is 1.95. The van der Waals surface area contributed by atoms with Crippen LogP contribution >= 0.6 is 0 Å². The molecule has 0 aliphatic heterocycles. The lowest BCUT2D eigenvalue weighted by molar-refractivity contribution is 0.477. The first-order chi connectivity index (χ1) is 6.93. The molecule has 0 unspecified atom stereocenters. The molecule has 0 atom stereocenters. The summed E-state index contributed by atoms with van der Waals surface area (Å²) in [4.78, 5) is 0. The molecule has 0 saturated carbocycles. The Morgan fingerprint density at radius 1 is 1.36 bits per heavy atom. The van der Waals surface area contributed by atoms with Gasteiger partial charge in [0.05, 0.1) is 6.26 Å². The van der Waals surface area contributed by atoms with Gasteiger partial charge < -0.3 is 4.74 Å². The average molecular weight is 189 g/mol. The summed E-state index contributed by atoms with van der Waals surface area (Å²) in [5.74, 6) is 0.777. The molecule has 0 fully saturated rings. The molecule has 0 aliphatic rings. The summed E-state index contributed by atoms with van der Waals surface area (Å²) in [6, 6.07) is 10.6. The van der Waals surface area contributed by atoms with Crippen LogP contribution in [-0.2, 0) is 0 Å². The number of para-hydroxylation sites is 1. The van der Waals surface area contributed by atoms with E-state index in [1.807, 2.05) is 24.3 Å². The summed E-state index contributed by atoms with van der Waals surface area (Å²) in [7, 11) is 0. The molecule has 0 bridgehead atoms. The highest BCUT2D eigenvalue weighted by Gasteiger charge is 1.86. The molecule has 1 nitrogen and oxygen atoms in total. The molecule has 1 aromatic carbocycles. The van der Waals surface area contributed by atoms with Gasteiger partial charge in [-0.2, -0.15) is 0 Å². The second-order valence-electron chi connectivity index (χ2n) is 3.21. The van der Waals surface area contributed by atoms with E-state index in [4.69, 9.17) is 4.74 Å². The van der Waals surface area contributed by atoms with Crippen molar-refractivity contribution in [2.24, 2.45) is 0 Å². The van der Waals surface area contributed by atoms with Crippen LogP contribution in [0, 0.1) is 6.07 Å². The first kappa shape index (κ1) is 10.8. The van der Waals surface area contributed by atoms with Crippen molar-refractivity contribution in [3.05, 3.63) is 42.7 Å². The Hall–Kier alpha value is -1.24. The maximum Gasteiger partial charge on any atom is 0.134 e. The Balaban J connectivity index is 2.14. The molecule has 1 aromatic rings. The Bertz CT molecular complexity index is 251. The highest BCUT2D eigenvalue weighted by atomic mass is 16.5. The van der Waals surface area contributed by atoms with Gasteiger partial charge >= 0.3 is 0 Å². The maximum absolute atomic E-state index is 5.35. The third-order valence-corrected chi connectivity index (χ3v) is 1.95. The number of ether oxygens (including phenoxy) is 1. The van der Waals surface area contributed by atoms with Crippen LogP contribution in [-0.4, -0.2) is 0 Å². The van der Waals surface area contributed by atoms with Crippen LogP contribution in [0.2, 0.25) is 0 Å². The molecule has 0 aromatic heterocycles. The third kappa shape index (κ3) is 4.70. The smallest absolute Gasteiger partial charge is 0.134 e. The van der Waals surface area contributed by atoms with Crippen molar-refractivity contribution in [1.82, 2.24) is 0 Å². The molecule has 0 spiro atoms. The molecule has 0 N–H and O–H groups in total. The summed E-state index contributed by atoms with van der Waals surface area (Å²) < 4.78 is 5.35. The van der Waals surface area contributed by atoms with Crippen LogP contribution in [0.3, 0.4) is 0 Å². The SMILES string of the molecule is CCCCC/C=C/Oc1[c]cccc1. The first-order valence-electron chi connectivity index (χ1n) is 5.22. The number of benzene rings is 1. The minimum absolute atomic E-state index is 0.777. The zero-order valence-electron chi connectivity index (χ0n) is 8.70. The van der Waals surface area contributed by atoms with Crippen molar-refractivity contribution in [2.75, 3.05) is 0 Å². The normalized spacial score (nSPS) is 10.6. The van der Waals surface area contributed by atoms with E-state index in [1.165, 1.54) is 19.3 Å². The van der Waals surface area contributed by atoms with Gasteiger partial charge in [-0.1, -0.05) is 38.0 Å². The Morgan fingerprint density at radius 2 is 2.29 bits per heavy atom. The first-order valence-corrected chi connectivity index (χ1v) is 5.22. The van der Waals surface area contributed by atoms with E-state index in [2.05, 4.69) is 19.1 Å². The quantitative estimate of drug-likeness (QED) is 0.486. The number of unbranched alkanes of at least 4 members (excludes halogenated alkanes) is 3.